The molecule has 1 fully saturated rings. The van der Waals surface area contributed by atoms with Gasteiger partial charge in [-0.25, -0.2) is 14.8 Å². The Labute approximate surface area is 158 Å². The molecule has 26 heavy (non-hydrogen) atoms. The molecule has 0 N–H and O–H groups in total. The van der Waals surface area contributed by atoms with Crippen molar-refractivity contribution in [2.45, 2.75) is 64.0 Å². The second-order valence-corrected chi connectivity index (χ2v) is 7.05. The van der Waals surface area contributed by atoms with Gasteiger partial charge in [0.25, 0.3) is 0 Å². The predicted molar refractivity (Wildman–Crippen MR) is 104 cm³/mol. The van der Waals surface area contributed by atoms with Crippen LogP contribution in [0.1, 0.15) is 51.0 Å². The zero-order valence-electron chi connectivity index (χ0n) is 16.5. The lowest BCUT2D eigenvalue weighted by Crippen LogP contribution is -2.55. The number of hydrazine groups is 1. The number of nitrogens with zero attached hydrogens (tertiary/aromatic N) is 2. The van der Waals surface area contributed by atoms with Crippen molar-refractivity contribution >= 4 is 6.09 Å². The van der Waals surface area contributed by atoms with Gasteiger partial charge in [-0.15, -0.1) is 0 Å². The Hall–Kier alpha value is -1.59. The number of methoxy groups -OCH3 is 2. The second-order valence-electron chi connectivity index (χ2n) is 7.05. The van der Waals surface area contributed by atoms with Crippen LogP contribution in [0.2, 0.25) is 0 Å². The van der Waals surface area contributed by atoms with Crippen LogP contribution in [0, 0.1) is 0 Å². The molecule has 0 radical (unpaired) electrons. The fourth-order valence-corrected chi connectivity index (χ4v) is 3.83. The van der Waals surface area contributed by atoms with Gasteiger partial charge in [0, 0.05) is 13.7 Å². The fourth-order valence-electron chi connectivity index (χ4n) is 3.83. The highest BCUT2D eigenvalue weighted by molar-refractivity contribution is 5.67. The van der Waals surface area contributed by atoms with E-state index in [-0.39, 0.29) is 18.2 Å². The van der Waals surface area contributed by atoms with Gasteiger partial charge in [0.2, 0.25) is 0 Å². The van der Waals surface area contributed by atoms with Crippen LogP contribution in [-0.2, 0) is 15.9 Å². The van der Waals surface area contributed by atoms with E-state index < -0.39 is 0 Å². The first kappa shape index (κ1) is 20.7. The molecule has 5 heteroatoms. The van der Waals surface area contributed by atoms with Crippen molar-refractivity contribution in [3.8, 4) is 0 Å². The third-order valence-corrected chi connectivity index (χ3v) is 5.19. The van der Waals surface area contributed by atoms with E-state index in [9.17, 15) is 4.79 Å². The number of hydrogen-bond donors (Lipinski definition) is 0. The van der Waals surface area contributed by atoms with Crippen LogP contribution in [0.15, 0.2) is 30.3 Å². The van der Waals surface area contributed by atoms with E-state index >= 15 is 0 Å². The Morgan fingerprint density at radius 3 is 2.69 bits per heavy atom. The standard InChI is InChI=1S/C21H34N2O3/c1-4-5-12-19(15-14-18-10-7-6-8-11-18)23(21(24)26-3)22-16-9-13-20(22)17-25-2/h6-8,10-11,19-20H,4-5,9,12-17H2,1-3H3/t19-,20+/m1/s1. The summed E-state index contributed by atoms with van der Waals surface area (Å²) in [7, 11) is 3.20. The number of unbranched alkanes of at least 4 members (excludes halogenated alkanes) is 1. The van der Waals surface area contributed by atoms with E-state index in [2.05, 4.69) is 36.2 Å². The summed E-state index contributed by atoms with van der Waals surface area (Å²) in [5.41, 5.74) is 1.31. The minimum absolute atomic E-state index is 0.153. The molecule has 2 atom stereocenters. The van der Waals surface area contributed by atoms with Gasteiger partial charge in [0.15, 0.2) is 0 Å². The molecule has 0 aromatic heterocycles. The Kier molecular flexibility index (Phi) is 8.92. The number of benzene rings is 1. The number of aryl methyl sites for hydroxylation is 1. The van der Waals surface area contributed by atoms with Crippen molar-refractivity contribution in [2.75, 3.05) is 27.4 Å². The summed E-state index contributed by atoms with van der Waals surface area (Å²) in [4.78, 5) is 12.7. The van der Waals surface area contributed by atoms with Crippen LogP contribution in [0.25, 0.3) is 0 Å². The Balaban J connectivity index is 2.15. The SMILES string of the molecule is CCCC[C@H](CCc1ccccc1)N(C(=O)OC)N1CCC[C@H]1COC. The summed E-state index contributed by atoms with van der Waals surface area (Å²) in [6.07, 6.45) is 7.02. The topological polar surface area (TPSA) is 42.0 Å². The first-order chi connectivity index (χ1) is 12.7. The summed E-state index contributed by atoms with van der Waals surface area (Å²) >= 11 is 0. The molecule has 5 nitrogen and oxygen atoms in total. The van der Waals surface area contributed by atoms with Gasteiger partial charge in [-0.2, -0.15) is 0 Å². The van der Waals surface area contributed by atoms with Gasteiger partial charge in [0.1, 0.15) is 0 Å². The molecule has 0 aliphatic carbocycles. The first-order valence-electron chi connectivity index (χ1n) is 9.87. The predicted octanol–water partition coefficient (Wildman–Crippen LogP) is 4.27. The van der Waals surface area contributed by atoms with Crippen molar-refractivity contribution in [3.05, 3.63) is 35.9 Å². The molecule has 0 saturated carbocycles. The quantitative estimate of drug-likeness (QED) is 0.623. The number of hydrogen-bond acceptors (Lipinski definition) is 4. The van der Waals surface area contributed by atoms with Crippen molar-refractivity contribution < 1.29 is 14.3 Å². The van der Waals surface area contributed by atoms with Crippen molar-refractivity contribution in [3.63, 3.8) is 0 Å². The first-order valence-corrected chi connectivity index (χ1v) is 9.87. The average molecular weight is 363 g/mol. The third kappa shape index (κ3) is 5.71. The van der Waals surface area contributed by atoms with E-state index in [1.165, 1.54) is 12.7 Å². The van der Waals surface area contributed by atoms with Crippen LogP contribution in [0.4, 0.5) is 4.79 Å². The lowest BCUT2D eigenvalue weighted by Gasteiger charge is -2.40. The molecular formula is C21H34N2O3. The van der Waals surface area contributed by atoms with Crippen molar-refractivity contribution in [1.82, 2.24) is 10.0 Å². The van der Waals surface area contributed by atoms with Gasteiger partial charge in [-0.1, -0.05) is 50.1 Å². The van der Waals surface area contributed by atoms with Crippen LogP contribution < -0.4 is 0 Å². The van der Waals surface area contributed by atoms with Gasteiger partial charge >= 0.3 is 6.09 Å². The van der Waals surface area contributed by atoms with Crippen LogP contribution >= 0.6 is 0 Å². The highest BCUT2D eigenvalue weighted by Crippen LogP contribution is 2.26. The molecular weight excluding hydrogens is 328 g/mol. The zero-order chi connectivity index (χ0) is 18.8. The zero-order valence-corrected chi connectivity index (χ0v) is 16.5. The van der Waals surface area contributed by atoms with E-state index in [1.807, 2.05) is 11.1 Å². The highest BCUT2D eigenvalue weighted by Gasteiger charge is 2.36. The molecule has 1 heterocycles. The van der Waals surface area contributed by atoms with E-state index in [0.717, 1.165) is 51.5 Å². The lowest BCUT2D eigenvalue weighted by atomic mass is 10.0. The minimum atomic E-state index is -0.248. The van der Waals surface area contributed by atoms with Crippen molar-refractivity contribution in [1.29, 1.82) is 0 Å². The summed E-state index contributed by atoms with van der Waals surface area (Å²) in [6, 6.07) is 10.9. The van der Waals surface area contributed by atoms with E-state index in [1.54, 1.807) is 7.11 Å². The maximum Gasteiger partial charge on any atom is 0.424 e. The Morgan fingerprint density at radius 2 is 2.04 bits per heavy atom. The molecule has 0 bridgehead atoms. The smallest absolute Gasteiger partial charge is 0.424 e. The molecule has 1 aliphatic heterocycles. The van der Waals surface area contributed by atoms with Crippen LogP contribution in [-0.4, -0.2) is 55.6 Å². The average Bonchev–Trinajstić information content (AvgIpc) is 3.12. The molecule has 146 valence electrons. The summed E-state index contributed by atoms with van der Waals surface area (Å²) in [5.74, 6) is 0. The van der Waals surface area contributed by atoms with Gasteiger partial charge in [0.05, 0.1) is 25.8 Å². The number of rotatable bonds is 10. The summed E-state index contributed by atoms with van der Waals surface area (Å²) in [6.45, 7) is 3.73. The number of carbonyl (C=O) groups is 1. The summed E-state index contributed by atoms with van der Waals surface area (Å²) in [5, 5.41) is 4.09. The second kappa shape index (κ2) is 11.2. The molecule has 1 amide bonds. The summed E-state index contributed by atoms with van der Waals surface area (Å²) < 4.78 is 10.6. The third-order valence-electron chi connectivity index (χ3n) is 5.19. The van der Waals surface area contributed by atoms with E-state index in [0.29, 0.717) is 6.61 Å². The lowest BCUT2D eigenvalue weighted by molar-refractivity contribution is -0.0722. The number of carbonyl (C=O) groups excluding carboxylic acids is 1. The van der Waals surface area contributed by atoms with Crippen LogP contribution in [0.3, 0.4) is 0 Å². The molecule has 1 aromatic carbocycles. The molecule has 0 unspecified atom stereocenters. The Morgan fingerprint density at radius 1 is 1.27 bits per heavy atom. The monoisotopic (exact) mass is 362 g/mol. The fraction of sp³-hybridized carbons (Fsp3) is 0.667. The minimum Gasteiger partial charge on any atom is -0.452 e. The molecule has 2 rings (SSSR count). The van der Waals surface area contributed by atoms with E-state index in [4.69, 9.17) is 9.47 Å². The van der Waals surface area contributed by atoms with Gasteiger partial charge < -0.3 is 9.47 Å². The van der Waals surface area contributed by atoms with Crippen molar-refractivity contribution in [2.24, 2.45) is 0 Å². The largest absolute Gasteiger partial charge is 0.452 e. The maximum absolute atomic E-state index is 12.7. The molecule has 0 spiro atoms. The number of ether oxygens (including phenoxy) is 2. The molecule has 1 aromatic rings. The normalized spacial score (nSPS) is 18.7. The number of amides is 1. The molecule has 1 aliphatic rings. The Bertz CT molecular complexity index is 523. The van der Waals surface area contributed by atoms with Gasteiger partial charge in [-0.3, -0.25) is 0 Å². The van der Waals surface area contributed by atoms with Crippen LogP contribution in [0.5, 0.6) is 0 Å². The molecule has 1 saturated heterocycles. The highest BCUT2D eigenvalue weighted by atomic mass is 16.5. The maximum atomic E-state index is 12.7. The van der Waals surface area contributed by atoms with Gasteiger partial charge in [-0.05, 0) is 37.7 Å².